The molecule has 1 aliphatic heterocycles. The minimum absolute atomic E-state index is 0.0160. The maximum Gasteiger partial charge on any atom is 0.234 e. The lowest BCUT2D eigenvalue weighted by atomic mass is 10.2. The second kappa shape index (κ2) is 7.59. The normalized spacial score (nSPS) is 18.4. The van der Waals surface area contributed by atoms with Crippen LogP contribution in [-0.4, -0.2) is 58.6 Å². The number of likely N-dealkylation sites (tertiary alicyclic amines) is 1. The highest BCUT2D eigenvalue weighted by atomic mass is 16.4. The van der Waals surface area contributed by atoms with E-state index in [1.165, 1.54) is 0 Å². The fraction of sp³-hybridized carbons (Fsp3) is 0.562. The number of aryl methyl sites for hydroxylation is 1. The number of likely N-dealkylation sites (N-methyl/N-ethyl adjacent to an activating group) is 1. The van der Waals surface area contributed by atoms with Gasteiger partial charge in [0.25, 0.3) is 0 Å². The lowest BCUT2D eigenvalue weighted by Gasteiger charge is -2.23. The lowest BCUT2D eigenvalue weighted by Crippen LogP contribution is -2.38. The molecule has 3 heterocycles. The quantitative estimate of drug-likeness (QED) is 0.801. The van der Waals surface area contributed by atoms with E-state index in [1.807, 2.05) is 19.2 Å². The van der Waals surface area contributed by atoms with Crippen molar-refractivity contribution < 1.29 is 13.6 Å². The summed E-state index contributed by atoms with van der Waals surface area (Å²) in [6, 6.07) is 4.04. The second-order valence-corrected chi connectivity index (χ2v) is 6.16. The third-order valence-corrected chi connectivity index (χ3v) is 4.23. The molecule has 3 rings (SSSR count). The molecule has 1 saturated heterocycles. The monoisotopic (exact) mass is 333 g/mol. The van der Waals surface area contributed by atoms with Gasteiger partial charge >= 0.3 is 0 Å². The van der Waals surface area contributed by atoms with Gasteiger partial charge in [0, 0.05) is 26.1 Å². The predicted octanol–water partition coefficient (Wildman–Crippen LogP) is 0.794. The molecule has 130 valence electrons. The third-order valence-electron chi connectivity index (χ3n) is 4.23. The van der Waals surface area contributed by atoms with E-state index in [0.717, 1.165) is 25.3 Å². The van der Waals surface area contributed by atoms with Crippen molar-refractivity contribution in [2.75, 3.05) is 26.7 Å². The Balaban J connectivity index is 1.40. The van der Waals surface area contributed by atoms with Gasteiger partial charge in [-0.3, -0.25) is 14.6 Å². The Morgan fingerprint density at radius 3 is 3.08 bits per heavy atom. The Bertz CT molecular complexity index is 654. The van der Waals surface area contributed by atoms with Gasteiger partial charge in [0.15, 0.2) is 0 Å². The molecule has 0 spiro atoms. The van der Waals surface area contributed by atoms with Gasteiger partial charge < -0.3 is 14.2 Å². The van der Waals surface area contributed by atoms with Gasteiger partial charge in [-0.05, 0) is 25.6 Å². The summed E-state index contributed by atoms with van der Waals surface area (Å²) in [7, 11) is 2.05. The number of hydrogen-bond acceptors (Lipinski definition) is 7. The van der Waals surface area contributed by atoms with Crippen LogP contribution in [-0.2, 0) is 17.9 Å². The third kappa shape index (κ3) is 4.42. The summed E-state index contributed by atoms with van der Waals surface area (Å²) in [4.78, 5) is 16.4. The van der Waals surface area contributed by atoms with E-state index in [1.54, 1.807) is 13.2 Å². The van der Waals surface area contributed by atoms with E-state index in [2.05, 4.69) is 25.3 Å². The predicted molar refractivity (Wildman–Crippen MR) is 85.9 cm³/mol. The van der Waals surface area contributed by atoms with Crippen LogP contribution >= 0.6 is 0 Å². The zero-order valence-electron chi connectivity index (χ0n) is 14.1. The Morgan fingerprint density at radius 1 is 1.50 bits per heavy atom. The van der Waals surface area contributed by atoms with Gasteiger partial charge in [-0.15, -0.1) is 10.2 Å². The van der Waals surface area contributed by atoms with Crippen molar-refractivity contribution in [3.8, 4) is 0 Å². The largest absolute Gasteiger partial charge is 0.467 e. The zero-order chi connectivity index (χ0) is 16.9. The van der Waals surface area contributed by atoms with Gasteiger partial charge in [0.1, 0.15) is 5.76 Å². The number of nitrogens with one attached hydrogen (secondary N) is 1. The Morgan fingerprint density at radius 2 is 2.38 bits per heavy atom. The fourth-order valence-electron chi connectivity index (χ4n) is 2.92. The highest BCUT2D eigenvalue weighted by Gasteiger charge is 2.27. The van der Waals surface area contributed by atoms with E-state index in [9.17, 15) is 4.79 Å². The maximum atomic E-state index is 12.0. The average Bonchev–Trinajstić information content (AvgIpc) is 3.27. The van der Waals surface area contributed by atoms with E-state index in [-0.39, 0.29) is 5.91 Å². The Hall–Kier alpha value is -2.19. The van der Waals surface area contributed by atoms with Gasteiger partial charge in [-0.1, -0.05) is 0 Å². The highest BCUT2D eigenvalue weighted by Crippen LogP contribution is 2.16. The molecule has 0 bridgehead atoms. The summed E-state index contributed by atoms with van der Waals surface area (Å²) in [6.45, 7) is 5.02. The zero-order valence-corrected chi connectivity index (χ0v) is 14.1. The second-order valence-electron chi connectivity index (χ2n) is 6.16. The van der Waals surface area contributed by atoms with Gasteiger partial charge in [0.05, 0.1) is 25.9 Å². The first-order valence-electron chi connectivity index (χ1n) is 8.11. The van der Waals surface area contributed by atoms with Crippen molar-refractivity contribution in [3.63, 3.8) is 0 Å². The summed E-state index contributed by atoms with van der Waals surface area (Å²) in [5.41, 5.74) is 0. The molecule has 2 aromatic heterocycles. The minimum atomic E-state index is 0.0160. The molecule has 1 atom stereocenters. The number of furan rings is 1. The van der Waals surface area contributed by atoms with Crippen LogP contribution in [0.3, 0.4) is 0 Å². The van der Waals surface area contributed by atoms with Crippen LogP contribution < -0.4 is 5.32 Å². The summed E-state index contributed by atoms with van der Waals surface area (Å²) in [5.74, 6) is 1.99. The number of nitrogens with zero attached hydrogens (tertiary/aromatic N) is 4. The number of carbonyl (C=O) groups excluding carboxylic acids is 1. The maximum absolute atomic E-state index is 12.0. The van der Waals surface area contributed by atoms with Crippen molar-refractivity contribution in [1.29, 1.82) is 0 Å². The van der Waals surface area contributed by atoms with E-state index in [0.29, 0.717) is 37.5 Å². The Kier molecular flexibility index (Phi) is 5.27. The topological polar surface area (TPSA) is 87.6 Å². The SMILES string of the molecule is Cc1nnc(CN(C)C2CCN(CC(=O)NCc3ccco3)C2)o1. The molecule has 1 fully saturated rings. The molecular weight excluding hydrogens is 310 g/mol. The van der Waals surface area contributed by atoms with Crippen molar-refractivity contribution in [2.45, 2.75) is 32.5 Å². The van der Waals surface area contributed by atoms with Crippen LogP contribution in [0.1, 0.15) is 24.0 Å². The van der Waals surface area contributed by atoms with Crippen LogP contribution in [0.5, 0.6) is 0 Å². The molecule has 1 aliphatic rings. The first-order valence-corrected chi connectivity index (χ1v) is 8.11. The number of carbonyl (C=O) groups is 1. The van der Waals surface area contributed by atoms with Crippen LogP contribution in [0.25, 0.3) is 0 Å². The first kappa shape index (κ1) is 16.7. The van der Waals surface area contributed by atoms with E-state index in [4.69, 9.17) is 8.83 Å². The smallest absolute Gasteiger partial charge is 0.234 e. The van der Waals surface area contributed by atoms with Crippen molar-refractivity contribution in [2.24, 2.45) is 0 Å². The van der Waals surface area contributed by atoms with Crippen molar-refractivity contribution in [3.05, 3.63) is 35.9 Å². The summed E-state index contributed by atoms with van der Waals surface area (Å²) in [6.07, 6.45) is 2.63. The minimum Gasteiger partial charge on any atom is -0.467 e. The van der Waals surface area contributed by atoms with E-state index < -0.39 is 0 Å². The molecule has 0 radical (unpaired) electrons. The van der Waals surface area contributed by atoms with Crippen LogP contribution in [0.15, 0.2) is 27.2 Å². The molecule has 2 aromatic rings. The summed E-state index contributed by atoms with van der Waals surface area (Å²) in [5, 5.41) is 10.8. The van der Waals surface area contributed by atoms with Crippen LogP contribution in [0.2, 0.25) is 0 Å². The molecule has 0 aliphatic carbocycles. The number of hydrogen-bond donors (Lipinski definition) is 1. The van der Waals surface area contributed by atoms with Crippen molar-refractivity contribution >= 4 is 5.91 Å². The van der Waals surface area contributed by atoms with Gasteiger partial charge in [-0.2, -0.15) is 0 Å². The van der Waals surface area contributed by atoms with Gasteiger partial charge in [0.2, 0.25) is 17.7 Å². The van der Waals surface area contributed by atoms with Crippen LogP contribution in [0.4, 0.5) is 0 Å². The lowest BCUT2D eigenvalue weighted by molar-refractivity contribution is -0.122. The molecule has 1 amide bonds. The highest BCUT2D eigenvalue weighted by molar-refractivity contribution is 5.77. The first-order chi connectivity index (χ1) is 11.6. The molecular formula is C16H23N5O3. The number of aromatic nitrogens is 2. The Labute approximate surface area is 140 Å². The number of amides is 1. The molecule has 8 nitrogen and oxygen atoms in total. The molecule has 0 aromatic carbocycles. The average molecular weight is 333 g/mol. The summed E-state index contributed by atoms with van der Waals surface area (Å²) < 4.78 is 10.6. The standard InChI is InChI=1S/C16H23N5O3/c1-12-18-19-16(24-12)11-20(2)13-5-6-21(9-13)10-15(22)17-8-14-4-3-7-23-14/h3-4,7,13H,5-6,8-11H2,1-2H3,(H,17,22). The molecule has 8 heteroatoms. The number of rotatable bonds is 7. The molecule has 1 unspecified atom stereocenters. The van der Waals surface area contributed by atoms with E-state index >= 15 is 0 Å². The molecule has 24 heavy (non-hydrogen) atoms. The van der Waals surface area contributed by atoms with Gasteiger partial charge in [-0.25, -0.2) is 0 Å². The molecule has 1 N–H and O–H groups in total. The summed E-state index contributed by atoms with van der Waals surface area (Å²) >= 11 is 0. The van der Waals surface area contributed by atoms with Crippen LogP contribution in [0, 0.1) is 6.92 Å². The van der Waals surface area contributed by atoms with Crippen molar-refractivity contribution in [1.82, 2.24) is 25.3 Å². The molecule has 0 saturated carbocycles. The fourth-order valence-corrected chi connectivity index (χ4v) is 2.92.